The molecule has 2 aromatic heterocycles. The first-order valence-electron chi connectivity index (χ1n) is 8.22. The van der Waals surface area contributed by atoms with Crippen LogP contribution in [0.3, 0.4) is 0 Å². The number of nitrogens with one attached hydrogen (secondary N) is 1. The molecule has 0 aliphatic carbocycles. The fraction of sp³-hybridized carbons (Fsp3) is 0.222. The van der Waals surface area contributed by atoms with Crippen molar-refractivity contribution in [3.63, 3.8) is 0 Å². The summed E-state index contributed by atoms with van der Waals surface area (Å²) in [7, 11) is -3.22. The highest BCUT2D eigenvalue weighted by Crippen LogP contribution is 2.22. The van der Waals surface area contributed by atoms with E-state index in [0.29, 0.717) is 27.8 Å². The number of carbonyl (C=O) groups is 1. The molecule has 0 spiro atoms. The lowest BCUT2D eigenvalue weighted by molar-refractivity contribution is 0.0443. The van der Waals surface area contributed by atoms with E-state index in [1.807, 2.05) is 12.1 Å². The number of thiophene rings is 1. The van der Waals surface area contributed by atoms with Crippen LogP contribution in [-0.4, -0.2) is 32.3 Å². The summed E-state index contributed by atoms with van der Waals surface area (Å²) in [4.78, 5) is 13.5. The topological polar surface area (TPSA) is 98.5 Å². The van der Waals surface area contributed by atoms with Crippen molar-refractivity contribution in [2.24, 2.45) is 0 Å². The number of aromatic nitrogens is 1. The van der Waals surface area contributed by atoms with Crippen LogP contribution < -0.4 is 4.72 Å². The van der Waals surface area contributed by atoms with Crippen molar-refractivity contribution < 1.29 is 22.5 Å². The van der Waals surface area contributed by atoms with E-state index in [4.69, 9.17) is 20.9 Å². The minimum absolute atomic E-state index is 0.0394. The molecule has 0 saturated carbocycles. The Morgan fingerprint density at radius 1 is 1.25 bits per heavy atom. The number of hydrogen-bond acceptors (Lipinski definition) is 7. The standard InChI is InChI=1S/C18H17ClN2O5S2/c1-28(23,24)20-9-8-15-6-7-17(27-15)18(22)25-11-14-10-16(21-26-14)12-2-4-13(19)5-3-12/h2-7,10,20H,8-9,11H2,1H3. The van der Waals surface area contributed by atoms with Crippen LogP contribution in [0, 0.1) is 0 Å². The third kappa shape index (κ3) is 5.90. The second-order valence-electron chi connectivity index (χ2n) is 5.94. The second-order valence-corrected chi connectivity index (χ2v) is 9.38. The summed E-state index contributed by atoms with van der Waals surface area (Å²) in [6.45, 7) is 0.238. The van der Waals surface area contributed by atoms with Gasteiger partial charge in [-0.2, -0.15) is 0 Å². The van der Waals surface area contributed by atoms with Crippen LogP contribution in [0.2, 0.25) is 5.02 Å². The molecule has 0 amide bonds. The smallest absolute Gasteiger partial charge is 0.348 e. The molecule has 0 unspecified atom stereocenters. The number of rotatable bonds is 8. The average molecular weight is 441 g/mol. The highest BCUT2D eigenvalue weighted by molar-refractivity contribution is 7.88. The van der Waals surface area contributed by atoms with E-state index in [0.717, 1.165) is 16.7 Å². The lowest BCUT2D eigenvalue weighted by Crippen LogP contribution is -2.23. The van der Waals surface area contributed by atoms with Gasteiger partial charge in [0.25, 0.3) is 0 Å². The van der Waals surface area contributed by atoms with Gasteiger partial charge >= 0.3 is 5.97 Å². The van der Waals surface area contributed by atoms with Crippen molar-refractivity contribution in [1.29, 1.82) is 0 Å². The molecule has 3 rings (SSSR count). The van der Waals surface area contributed by atoms with E-state index >= 15 is 0 Å². The lowest BCUT2D eigenvalue weighted by atomic mass is 10.1. The maximum absolute atomic E-state index is 12.2. The number of nitrogens with zero attached hydrogens (tertiary/aromatic N) is 1. The number of halogens is 1. The zero-order chi connectivity index (χ0) is 20.1. The Kier molecular flexibility index (Phi) is 6.50. The van der Waals surface area contributed by atoms with Gasteiger partial charge in [-0.15, -0.1) is 11.3 Å². The van der Waals surface area contributed by atoms with Gasteiger partial charge in [0.2, 0.25) is 10.0 Å². The molecule has 0 fully saturated rings. The largest absolute Gasteiger partial charge is 0.453 e. The number of hydrogen-bond donors (Lipinski definition) is 1. The first-order valence-corrected chi connectivity index (χ1v) is 11.3. The number of carbonyl (C=O) groups excluding carboxylic acids is 1. The summed E-state index contributed by atoms with van der Waals surface area (Å²) in [6, 6.07) is 12.3. The van der Waals surface area contributed by atoms with Gasteiger partial charge in [0.1, 0.15) is 10.6 Å². The molecular formula is C18H17ClN2O5S2. The Bertz CT molecular complexity index is 1060. The summed E-state index contributed by atoms with van der Waals surface area (Å²) in [5, 5.41) is 4.59. The fourth-order valence-electron chi connectivity index (χ4n) is 2.33. The van der Waals surface area contributed by atoms with Gasteiger partial charge in [0.15, 0.2) is 12.4 Å². The first kappa shape index (κ1) is 20.5. The maximum atomic E-state index is 12.2. The quantitative estimate of drug-likeness (QED) is 0.538. The Hall–Kier alpha value is -2.20. The van der Waals surface area contributed by atoms with Gasteiger partial charge in [-0.1, -0.05) is 28.9 Å². The minimum Gasteiger partial charge on any atom is -0.453 e. The summed E-state index contributed by atoms with van der Waals surface area (Å²) in [5.41, 5.74) is 1.47. The average Bonchev–Trinajstić information content (AvgIpc) is 3.29. The van der Waals surface area contributed by atoms with Crippen molar-refractivity contribution in [1.82, 2.24) is 9.88 Å². The van der Waals surface area contributed by atoms with Gasteiger partial charge in [0, 0.05) is 28.1 Å². The summed E-state index contributed by atoms with van der Waals surface area (Å²) >= 11 is 7.13. The molecule has 28 heavy (non-hydrogen) atoms. The van der Waals surface area contributed by atoms with Gasteiger partial charge in [-0.3, -0.25) is 0 Å². The van der Waals surface area contributed by atoms with Crippen molar-refractivity contribution in [2.75, 3.05) is 12.8 Å². The summed E-state index contributed by atoms with van der Waals surface area (Å²) in [5.74, 6) is -0.0517. The molecule has 0 aliphatic rings. The third-order valence-corrected chi connectivity index (χ3v) is 5.75. The Balaban J connectivity index is 1.52. The van der Waals surface area contributed by atoms with Crippen molar-refractivity contribution in [3.05, 3.63) is 63.0 Å². The monoisotopic (exact) mass is 440 g/mol. The van der Waals surface area contributed by atoms with Crippen LogP contribution in [0.5, 0.6) is 0 Å². The summed E-state index contributed by atoms with van der Waals surface area (Å²) < 4.78 is 35.0. The van der Waals surface area contributed by atoms with E-state index in [1.54, 1.807) is 30.3 Å². The van der Waals surface area contributed by atoms with Crippen LogP contribution in [0.25, 0.3) is 11.3 Å². The molecule has 2 heterocycles. The minimum atomic E-state index is -3.22. The number of sulfonamides is 1. The first-order chi connectivity index (χ1) is 13.3. The van der Waals surface area contributed by atoms with Gasteiger partial charge < -0.3 is 9.26 Å². The Labute approximate surface area is 171 Å². The molecule has 0 radical (unpaired) electrons. The molecule has 1 N–H and O–H groups in total. The molecule has 148 valence electrons. The van der Waals surface area contributed by atoms with Crippen LogP contribution in [-0.2, 0) is 27.8 Å². The lowest BCUT2D eigenvalue weighted by Gasteiger charge is -2.00. The van der Waals surface area contributed by atoms with E-state index in [9.17, 15) is 13.2 Å². The molecule has 0 bridgehead atoms. The Morgan fingerprint density at radius 2 is 2.00 bits per heavy atom. The summed E-state index contributed by atoms with van der Waals surface area (Å²) in [6.07, 6.45) is 1.60. The molecule has 10 heteroatoms. The SMILES string of the molecule is CS(=O)(=O)NCCc1ccc(C(=O)OCc2cc(-c3ccc(Cl)cc3)no2)s1. The molecular weight excluding hydrogens is 424 g/mol. The van der Waals surface area contributed by atoms with E-state index in [2.05, 4.69) is 9.88 Å². The van der Waals surface area contributed by atoms with E-state index in [-0.39, 0.29) is 13.2 Å². The van der Waals surface area contributed by atoms with Crippen LogP contribution in [0.15, 0.2) is 47.0 Å². The molecule has 0 saturated heterocycles. The predicted molar refractivity (Wildman–Crippen MR) is 107 cm³/mol. The van der Waals surface area contributed by atoms with Crippen molar-refractivity contribution in [2.45, 2.75) is 13.0 Å². The van der Waals surface area contributed by atoms with E-state index < -0.39 is 16.0 Å². The number of esters is 1. The zero-order valence-corrected chi connectivity index (χ0v) is 17.2. The number of benzene rings is 1. The maximum Gasteiger partial charge on any atom is 0.348 e. The fourth-order valence-corrected chi connectivity index (χ4v) is 3.83. The molecule has 1 aromatic carbocycles. The molecule has 3 aromatic rings. The third-order valence-electron chi connectivity index (χ3n) is 3.64. The second kappa shape index (κ2) is 8.87. The van der Waals surface area contributed by atoms with Gasteiger partial charge in [-0.25, -0.2) is 17.9 Å². The molecule has 0 aliphatic heterocycles. The Morgan fingerprint density at radius 3 is 2.71 bits per heavy atom. The normalized spacial score (nSPS) is 11.5. The van der Waals surface area contributed by atoms with Crippen LogP contribution >= 0.6 is 22.9 Å². The van der Waals surface area contributed by atoms with Crippen molar-refractivity contribution >= 4 is 38.9 Å². The highest BCUT2D eigenvalue weighted by atomic mass is 35.5. The van der Waals surface area contributed by atoms with Gasteiger partial charge in [-0.05, 0) is 30.7 Å². The van der Waals surface area contributed by atoms with Crippen molar-refractivity contribution in [3.8, 4) is 11.3 Å². The van der Waals surface area contributed by atoms with E-state index in [1.165, 1.54) is 11.3 Å². The van der Waals surface area contributed by atoms with Gasteiger partial charge in [0.05, 0.1) is 6.26 Å². The van der Waals surface area contributed by atoms with Crippen LogP contribution in [0.4, 0.5) is 0 Å². The number of ether oxygens (including phenoxy) is 1. The molecule has 7 nitrogen and oxygen atoms in total. The zero-order valence-electron chi connectivity index (χ0n) is 14.8. The molecule has 0 atom stereocenters. The van der Waals surface area contributed by atoms with Crippen LogP contribution in [0.1, 0.15) is 20.3 Å². The predicted octanol–water partition coefficient (Wildman–Crippen LogP) is 3.51. The highest BCUT2D eigenvalue weighted by Gasteiger charge is 2.14.